The lowest BCUT2D eigenvalue weighted by Gasteiger charge is -2.28. The lowest BCUT2D eigenvalue weighted by atomic mass is 9.90. The molecule has 1 amide bonds. The summed E-state index contributed by atoms with van der Waals surface area (Å²) in [5, 5.41) is 0. The van der Waals surface area contributed by atoms with Crippen molar-refractivity contribution >= 4 is 17.3 Å². The van der Waals surface area contributed by atoms with Crippen molar-refractivity contribution in [2.24, 2.45) is 0 Å². The molecule has 0 radical (unpaired) electrons. The monoisotopic (exact) mass is 377 g/mol. The van der Waals surface area contributed by atoms with Crippen LogP contribution in [0.15, 0.2) is 48.5 Å². The van der Waals surface area contributed by atoms with Crippen LogP contribution in [0.2, 0.25) is 0 Å². The topological polar surface area (TPSA) is 26.8 Å². The average molecular weight is 378 g/mol. The number of likely N-dealkylation sites (tertiary alicyclic amines) is 1. The van der Waals surface area contributed by atoms with Gasteiger partial charge in [-0.05, 0) is 69.6 Å². The summed E-state index contributed by atoms with van der Waals surface area (Å²) in [6.07, 6.45) is 4.13. The molecule has 2 aromatic rings. The predicted molar refractivity (Wildman–Crippen MR) is 115 cm³/mol. The minimum absolute atomic E-state index is 0.0886. The summed E-state index contributed by atoms with van der Waals surface area (Å²) in [4.78, 5) is 20.2. The molecule has 28 heavy (non-hydrogen) atoms. The van der Waals surface area contributed by atoms with Crippen LogP contribution in [0.25, 0.3) is 0 Å². The molecule has 2 aromatic carbocycles. The molecule has 1 fully saturated rings. The molecule has 148 valence electrons. The normalized spacial score (nSPS) is 18.8. The van der Waals surface area contributed by atoms with E-state index in [2.05, 4.69) is 77.3 Å². The molecule has 1 atom stereocenters. The van der Waals surface area contributed by atoms with Crippen LogP contribution in [0, 0.1) is 0 Å². The SMILES string of the molecule is CN(C)CCCN1c2ccccc2C[C@@H](C(=O)N2CCCC2)c2ccccc21. The molecule has 2 aliphatic heterocycles. The Hall–Kier alpha value is -2.33. The van der Waals surface area contributed by atoms with Crippen molar-refractivity contribution in [1.29, 1.82) is 0 Å². The van der Waals surface area contributed by atoms with Gasteiger partial charge >= 0.3 is 0 Å². The summed E-state index contributed by atoms with van der Waals surface area (Å²) in [6.45, 7) is 3.82. The van der Waals surface area contributed by atoms with Gasteiger partial charge in [-0.2, -0.15) is 0 Å². The van der Waals surface area contributed by atoms with Crippen molar-refractivity contribution in [2.45, 2.75) is 31.6 Å². The number of benzene rings is 2. The Balaban J connectivity index is 1.74. The molecule has 0 bridgehead atoms. The molecular formula is C24H31N3O. The lowest BCUT2D eigenvalue weighted by Crippen LogP contribution is -2.33. The summed E-state index contributed by atoms with van der Waals surface area (Å²) in [6, 6.07) is 17.2. The second kappa shape index (κ2) is 8.36. The maximum absolute atomic E-state index is 13.4. The highest BCUT2D eigenvalue weighted by atomic mass is 16.2. The number of hydrogen-bond acceptors (Lipinski definition) is 3. The molecule has 0 saturated carbocycles. The van der Waals surface area contributed by atoms with Gasteiger partial charge < -0.3 is 14.7 Å². The molecule has 0 unspecified atom stereocenters. The molecule has 4 rings (SSSR count). The summed E-state index contributed by atoms with van der Waals surface area (Å²) in [7, 11) is 4.24. The molecule has 2 aliphatic rings. The van der Waals surface area contributed by atoms with Gasteiger partial charge in [0.1, 0.15) is 0 Å². The van der Waals surface area contributed by atoms with Gasteiger partial charge in [0.15, 0.2) is 0 Å². The van der Waals surface area contributed by atoms with Gasteiger partial charge in [0.25, 0.3) is 0 Å². The van der Waals surface area contributed by atoms with E-state index >= 15 is 0 Å². The summed E-state index contributed by atoms with van der Waals surface area (Å²) >= 11 is 0. The highest BCUT2D eigenvalue weighted by Gasteiger charge is 2.33. The predicted octanol–water partition coefficient (Wildman–Crippen LogP) is 4.04. The highest BCUT2D eigenvalue weighted by Crippen LogP contribution is 2.41. The van der Waals surface area contributed by atoms with Gasteiger partial charge in [-0.25, -0.2) is 0 Å². The van der Waals surface area contributed by atoms with Gasteiger partial charge in [-0.1, -0.05) is 36.4 Å². The summed E-state index contributed by atoms with van der Waals surface area (Å²) in [5.41, 5.74) is 4.91. The Morgan fingerprint density at radius 1 is 1.00 bits per heavy atom. The van der Waals surface area contributed by atoms with Gasteiger partial charge in [0, 0.05) is 31.0 Å². The number of para-hydroxylation sites is 2. The number of hydrogen-bond donors (Lipinski definition) is 0. The van der Waals surface area contributed by atoms with E-state index in [0.29, 0.717) is 5.91 Å². The van der Waals surface area contributed by atoms with E-state index < -0.39 is 0 Å². The first-order valence-electron chi connectivity index (χ1n) is 10.5. The number of amides is 1. The van der Waals surface area contributed by atoms with E-state index in [1.54, 1.807) is 0 Å². The lowest BCUT2D eigenvalue weighted by molar-refractivity contribution is -0.131. The zero-order valence-electron chi connectivity index (χ0n) is 17.1. The maximum Gasteiger partial charge on any atom is 0.230 e. The Kier molecular flexibility index (Phi) is 5.67. The molecule has 2 heterocycles. The molecule has 0 N–H and O–H groups in total. The fourth-order valence-electron chi connectivity index (χ4n) is 4.60. The Morgan fingerprint density at radius 3 is 2.43 bits per heavy atom. The first-order valence-corrected chi connectivity index (χ1v) is 10.5. The molecule has 0 aromatic heterocycles. The number of anilines is 2. The standard InChI is InChI=1S/C24H31N3O/c1-25(2)14-9-17-27-22-12-5-3-10-19(22)18-21(20-11-4-6-13-23(20)27)24(28)26-15-7-8-16-26/h3-6,10-13,21H,7-9,14-18H2,1-2H3/t21-/m1/s1. The van der Waals surface area contributed by atoms with E-state index in [9.17, 15) is 4.79 Å². The van der Waals surface area contributed by atoms with E-state index in [1.165, 1.54) is 22.5 Å². The van der Waals surface area contributed by atoms with Gasteiger partial charge in [0.05, 0.1) is 5.92 Å². The highest BCUT2D eigenvalue weighted by molar-refractivity contribution is 5.88. The second-order valence-electron chi connectivity index (χ2n) is 8.29. The van der Waals surface area contributed by atoms with Crippen LogP contribution in [-0.2, 0) is 11.2 Å². The molecular weight excluding hydrogens is 346 g/mol. The Bertz CT molecular complexity index is 826. The number of carbonyl (C=O) groups is 1. The fourth-order valence-corrected chi connectivity index (χ4v) is 4.60. The molecule has 1 saturated heterocycles. The third kappa shape index (κ3) is 3.79. The van der Waals surface area contributed by atoms with Crippen LogP contribution in [0.5, 0.6) is 0 Å². The molecule has 4 nitrogen and oxygen atoms in total. The fraction of sp³-hybridized carbons (Fsp3) is 0.458. The number of carbonyl (C=O) groups excluding carboxylic acids is 1. The van der Waals surface area contributed by atoms with Crippen molar-refractivity contribution < 1.29 is 4.79 Å². The minimum Gasteiger partial charge on any atom is -0.342 e. The quantitative estimate of drug-likeness (QED) is 0.787. The zero-order chi connectivity index (χ0) is 19.5. The smallest absolute Gasteiger partial charge is 0.230 e. The molecule has 0 spiro atoms. The Labute approximate surface area is 168 Å². The van der Waals surface area contributed by atoms with Crippen LogP contribution in [0.1, 0.15) is 36.3 Å². The van der Waals surface area contributed by atoms with Crippen molar-refractivity contribution in [1.82, 2.24) is 9.80 Å². The van der Waals surface area contributed by atoms with Crippen molar-refractivity contribution in [3.8, 4) is 0 Å². The van der Waals surface area contributed by atoms with E-state index in [0.717, 1.165) is 51.9 Å². The molecule has 4 heteroatoms. The van der Waals surface area contributed by atoms with Gasteiger partial charge in [0.2, 0.25) is 5.91 Å². The van der Waals surface area contributed by atoms with Crippen molar-refractivity contribution in [2.75, 3.05) is 45.2 Å². The average Bonchev–Trinajstić information content (AvgIpc) is 3.20. The number of fused-ring (bicyclic) bond motifs is 2. The van der Waals surface area contributed by atoms with Gasteiger partial charge in [-0.15, -0.1) is 0 Å². The Morgan fingerprint density at radius 2 is 1.68 bits per heavy atom. The van der Waals surface area contributed by atoms with E-state index in [-0.39, 0.29) is 5.92 Å². The van der Waals surface area contributed by atoms with Crippen LogP contribution in [-0.4, -0.2) is 56.0 Å². The largest absolute Gasteiger partial charge is 0.342 e. The van der Waals surface area contributed by atoms with Crippen LogP contribution in [0.4, 0.5) is 11.4 Å². The van der Waals surface area contributed by atoms with Crippen molar-refractivity contribution in [3.63, 3.8) is 0 Å². The van der Waals surface area contributed by atoms with Gasteiger partial charge in [-0.3, -0.25) is 4.79 Å². The first-order chi connectivity index (χ1) is 13.6. The van der Waals surface area contributed by atoms with Crippen LogP contribution < -0.4 is 4.90 Å². The summed E-state index contributed by atoms with van der Waals surface area (Å²) < 4.78 is 0. The first kappa shape index (κ1) is 19.0. The third-order valence-corrected chi connectivity index (χ3v) is 6.01. The maximum atomic E-state index is 13.4. The summed E-state index contributed by atoms with van der Waals surface area (Å²) in [5.74, 6) is 0.212. The van der Waals surface area contributed by atoms with E-state index in [4.69, 9.17) is 0 Å². The van der Waals surface area contributed by atoms with E-state index in [1.807, 2.05) is 0 Å². The zero-order valence-corrected chi connectivity index (χ0v) is 17.1. The minimum atomic E-state index is -0.0886. The molecule has 0 aliphatic carbocycles. The second-order valence-corrected chi connectivity index (χ2v) is 8.29. The van der Waals surface area contributed by atoms with Crippen LogP contribution in [0.3, 0.4) is 0 Å². The number of rotatable bonds is 5. The van der Waals surface area contributed by atoms with Crippen LogP contribution >= 0.6 is 0 Å². The number of nitrogens with zero attached hydrogens (tertiary/aromatic N) is 3. The third-order valence-electron chi connectivity index (χ3n) is 6.01. The van der Waals surface area contributed by atoms with Crippen molar-refractivity contribution in [3.05, 3.63) is 59.7 Å².